The van der Waals surface area contributed by atoms with Crippen molar-refractivity contribution in [3.05, 3.63) is 22.6 Å². The van der Waals surface area contributed by atoms with Crippen molar-refractivity contribution < 1.29 is 0 Å². The molecule has 20 heavy (non-hydrogen) atoms. The molecular formula is C14H23BrN4O. The van der Waals surface area contributed by atoms with Crippen molar-refractivity contribution >= 4 is 21.6 Å². The molecule has 1 aromatic heterocycles. The minimum absolute atomic E-state index is 0.0141. The minimum atomic E-state index is 0.0141. The first kappa shape index (κ1) is 15.5. The molecule has 6 heteroatoms. The maximum absolute atomic E-state index is 12.1. The van der Waals surface area contributed by atoms with Crippen LogP contribution in [-0.2, 0) is 6.54 Å². The largest absolute Gasteiger partial charge is 0.368 e. The second-order valence-electron chi connectivity index (χ2n) is 5.32. The molecule has 1 saturated heterocycles. The zero-order chi connectivity index (χ0) is 14.4. The van der Waals surface area contributed by atoms with E-state index in [1.54, 1.807) is 10.7 Å². The summed E-state index contributed by atoms with van der Waals surface area (Å²) < 4.78 is 1.58. The van der Waals surface area contributed by atoms with Gasteiger partial charge in [0.05, 0.1) is 11.9 Å². The van der Waals surface area contributed by atoms with Gasteiger partial charge in [0.25, 0.3) is 5.56 Å². The van der Waals surface area contributed by atoms with E-state index in [-0.39, 0.29) is 5.56 Å². The van der Waals surface area contributed by atoms with Gasteiger partial charge in [-0.2, -0.15) is 5.10 Å². The molecule has 0 amide bonds. The second-order valence-corrected chi connectivity index (χ2v) is 6.11. The minimum Gasteiger partial charge on any atom is -0.368 e. The molecule has 0 unspecified atom stereocenters. The monoisotopic (exact) mass is 342 g/mol. The number of piperazine rings is 1. The van der Waals surface area contributed by atoms with Crippen LogP contribution in [0.4, 0.5) is 5.69 Å². The fourth-order valence-electron chi connectivity index (χ4n) is 2.36. The van der Waals surface area contributed by atoms with E-state index in [2.05, 4.69) is 37.9 Å². The number of anilines is 1. The summed E-state index contributed by atoms with van der Waals surface area (Å²) in [6.45, 7) is 4.72. The van der Waals surface area contributed by atoms with Crippen molar-refractivity contribution in [2.45, 2.75) is 25.8 Å². The van der Waals surface area contributed by atoms with E-state index >= 15 is 0 Å². The third kappa shape index (κ3) is 4.31. The molecule has 2 rings (SSSR count). The molecular weight excluding hydrogens is 320 g/mol. The number of unbranched alkanes of at least 4 members (excludes halogenated alkanes) is 2. The predicted molar refractivity (Wildman–Crippen MR) is 85.9 cm³/mol. The molecule has 0 aromatic carbocycles. The SMILES string of the molecule is CN1CCN(c2cnn(CCCCCBr)c(=O)c2)CC1. The number of halogens is 1. The highest BCUT2D eigenvalue weighted by molar-refractivity contribution is 9.09. The maximum Gasteiger partial charge on any atom is 0.268 e. The number of likely N-dealkylation sites (N-methyl/N-ethyl adjacent to an activating group) is 1. The number of hydrogen-bond donors (Lipinski definition) is 0. The number of aromatic nitrogens is 2. The van der Waals surface area contributed by atoms with Crippen LogP contribution in [0.25, 0.3) is 0 Å². The highest BCUT2D eigenvalue weighted by Gasteiger charge is 2.15. The number of rotatable bonds is 6. The number of nitrogens with zero attached hydrogens (tertiary/aromatic N) is 4. The molecule has 112 valence electrons. The normalized spacial score (nSPS) is 16.6. The fourth-order valence-corrected chi connectivity index (χ4v) is 2.76. The Balaban J connectivity index is 1.93. The van der Waals surface area contributed by atoms with Gasteiger partial charge in [-0.05, 0) is 19.9 Å². The lowest BCUT2D eigenvalue weighted by Crippen LogP contribution is -2.45. The molecule has 0 spiro atoms. The number of hydrogen-bond acceptors (Lipinski definition) is 4. The summed E-state index contributed by atoms with van der Waals surface area (Å²) in [5, 5.41) is 5.33. The van der Waals surface area contributed by atoms with Crippen molar-refractivity contribution in [2.24, 2.45) is 0 Å². The average molecular weight is 343 g/mol. The van der Waals surface area contributed by atoms with Gasteiger partial charge in [0, 0.05) is 44.1 Å². The smallest absolute Gasteiger partial charge is 0.268 e. The summed E-state index contributed by atoms with van der Waals surface area (Å²) in [7, 11) is 2.13. The Hall–Kier alpha value is -0.880. The standard InChI is InChI=1S/C14H23BrN4O/c1-17-7-9-18(10-8-17)13-11-14(20)19(16-12-13)6-4-2-3-5-15/h11-12H,2-10H2,1H3. The van der Waals surface area contributed by atoms with Crippen molar-refractivity contribution in [2.75, 3.05) is 43.5 Å². The predicted octanol–water partition coefficient (Wildman–Crippen LogP) is 1.56. The average Bonchev–Trinajstić information content (AvgIpc) is 2.46. The molecule has 2 heterocycles. The fraction of sp³-hybridized carbons (Fsp3) is 0.714. The molecule has 0 N–H and O–H groups in total. The Morgan fingerprint density at radius 2 is 1.95 bits per heavy atom. The van der Waals surface area contributed by atoms with Crippen LogP contribution in [0, 0.1) is 0 Å². The van der Waals surface area contributed by atoms with Crippen LogP contribution in [-0.4, -0.2) is 53.2 Å². The van der Waals surface area contributed by atoms with E-state index in [1.807, 2.05) is 6.20 Å². The van der Waals surface area contributed by atoms with Gasteiger partial charge < -0.3 is 9.80 Å². The zero-order valence-electron chi connectivity index (χ0n) is 12.1. The molecule has 0 aliphatic carbocycles. The topological polar surface area (TPSA) is 41.4 Å². The van der Waals surface area contributed by atoms with Crippen LogP contribution in [0.5, 0.6) is 0 Å². The van der Waals surface area contributed by atoms with Gasteiger partial charge in [0.15, 0.2) is 0 Å². The molecule has 1 aromatic rings. The van der Waals surface area contributed by atoms with Crippen molar-refractivity contribution in [1.29, 1.82) is 0 Å². The van der Waals surface area contributed by atoms with Crippen molar-refractivity contribution in [3.8, 4) is 0 Å². The first-order valence-corrected chi connectivity index (χ1v) is 8.39. The van der Waals surface area contributed by atoms with E-state index in [0.717, 1.165) is 63.0 Å². The van der Waals surface area contributed by atoms with Crippen LogP contribution in [0.3, 0.4) is 0 Å². The lowest BCUT2D eigenvalue weighted by molar-refractivity contribution is 0.312. The van der Waals surface area contributed by atoms with Gasteiger partial charge in [0.1, 0.15) is 0 Å². The Morgan fingerprint density at radius 3 is 2.60 bits per heavy atom. The van der Waals surface area contributed by atoms with Crippen LogP contribution in [0.2, 0.25) is 0 Å². The maximum atomic E-state index is 12.1. The summed E-state index contributed by atoms with van der Waals surface area (Å²) in [5.41, 5.74) is 0.972. The Bertz CT molecular complexity index is 468. The molecule has 0 bridgehead atoms. The first-order chi connectivity index (χ1) is 9.70. The van der Waals surface area contributed by atoms with Crippen molar-refractivity contribution in [1.82, 2.24) is 14.7 Å². The van der Waals surface area contributed by atoms with E-state index in [0.29, 0.717) is 0 Å². The first-order valence-electron chi connectivity index (χ1n) is 7.27. The summed E-state index contributed by atoms with van der Waals surface area (Å²) in [5.74, 6) is 0. The molecule has 1 aliphatic heterocycles. The molecule has 1 fully saturated rings. The molecule has 5 nitrogen and oxygen atoms in total. The van der Waals surface area contributed by atoms with Gasteiger partial charge >= 0.3 is 0 Å². The van der Waals surface area contributed by atoms with E-state index in [9.17, 15) is 4.79 Å². The van der Waals surface area contributed by atoms with Crippen LogP contribution in [0.1, 0.15) is 19.3 Å². The van der Waals surface area contributed by atoms with Crippen LogP contribution in [0.15, 0.2) is 17.1 Å². The summed E-state index contributed by atoms with van der Waals surface area (Å²) in [6.07, 6.45) is 5.11. The van der Waals surface area contributed by atoms with Crippen LogP contribution >= 0.6 is 15.9 Å². The van der Waals surface area contributed by atoms with Gasteiger partial charge in [-0.25, -0.2) is 4.68 Å². The summed E-state index contributed by atoms with van der Waals surface area (Å²) in [4.78, 5) is 16.6. The molecule has 1 aliphatic rings. The lowest BCUT2D eigenvalue weighted by Gasteiger charge is -2.33. The van der Waals surface area contributed by atoms with Gasteiger partial charge in [-0.3, -0.25) is 4.79 Å². The number of alkyl halides is 1. The number of aryl methyl sites for hydroxylation is 1. The van der Waals surface area contributed by atoms with Gasteiger partial charge in [-0.15, -0.1) is 0 Å². The van der Waals surface area contributed by atoms with Crippen molar-refractivity contribution in [3.63, 3.8) is 0 Å². The molecule has 0 radical (unpaired) electrons. The third-order valence-corrected chi connectivity index (χ3v) is 4.29. The summed E-state index contributed by atoms with van der Waals surface area (Å²) in [6, 6.07) is 1.73. The third-order valence-electron chi connectivity index (χ3n) is 3.73. The van der Waals surface area contributed by atoms with E-state index in [1.165, 1.54) is 0 Å². The van der Waals surface area contributed by atoms with Gasteiger partial charge in [0.2, 0.25) is 0 Å². The summed E-state index contributed by atoms with van der Waals surface area (Å²) >= 11 is 3.41. The van der Waals surface area contributed by atoms with Crippen LogP contribution < -0.4 is 10.5 Å². The Labute approximate surface area is 128 Å². The second kappa shape index (κ2) is 7.78. The lowest BCUT2D eigenvalue weighted by atomic mass is 10.2. The molecule has 0 saturated carbocycles. The Morgan fingerprint density at radius 1 is 1.20 bits per heavy atom. The van der Waals surface area contributed by atoms with E-state index < -0.39 is 0 Å². The highest BCUT2D eigenvalue weighted by atomic mass is 79.9. The highest BCUT2D eigenvalue weighted by Crippen LogP contribution is 2.12. The zero-order valence-corrected chi connectivity index (χ0v) is 13.7. The Kier molecular flexibility index (Phi) is 6.04. The van der Waals surface area contributed by atoms with E-state index in [4.69, 9.17) is 0 Å². The molecule has 0 atom stereocenters. The quantitative estimate of drug-likeness (QED) is 0.581. The van der Waals surface area contributed by atoms with Gasteiger partial charge in [-0.1, -0.05) is 22.4 Å².